The molecule has 0 spiro atoms. The maximum atomic E-state index is 10.6. The van der Waals surface area contributed by atoms with Crippen LogP contribution in [0.5, 0.6) is 17.2 Å². The van der Waals surface area contributed by atoms with Crippen LogP contribution in [-0.2, 0) is 0 Å². The van der Waals surface area contributed by atoms with Crippen molar-refractivity contribution in [2.45, 2.75) is 0 Å². The maximum absolute atomic E-state index is 10.6. The summed E-state index contributed by atoms with van der Waals surface area (Å²) in [6, 6.07) is 0. The summed E-state index contributed by atoms with van der Waals surface area (Å²) in [6.45, 7) is 0. The average molecular weight is 411 g/mol. The second-order valence-electron chi connectivity index (χ2n) is 6.63. The van der Waals surface area contributed by atoms with Crippen LogP contribution in [0.4, 0.5) is 0 Å². The average Bonchev–Trinajstić information content (AvgIpc) is 3.02. The van der Waals surface area contributed by atoms with Crippen LogP contribution in [0.15, 0.2) is 4.42 Å². The van der Waals surface area contributed by atoms with E-state index in [9.17, 15) is 15.3 Å². The van der Waals surface area contributed by atoms with Crippen molar-refractivity contribution in [2.75, 3.05) is 0 Å². The van der Waals surface area contributed by atoms with Crippen LogP contribution in [0.25, 0.3) is 33.3 Å². The predicted octanol–water partition coefficient (Wildman–Crippen LogP) is -3.10. The van der Waals surface area contributed by atoms with Crippen molar-refractivity contribution in [3.63, 3.8) is 0 Å². The van der Waals surface area contributed by atoms with E-state index in [1.54, 1.807) is 23.5 Å². The Morgan fingerprint density at radius 2 is 1.18 bits per heavy atom. The number of hydrogen-bond donors (Lipinski definition) is 3. The van der Waals surface area contributed by atoms with Crippen molar-refractivity contribution in [2.24, 2.45) is 0 Å². The molecule has 0 atom stereocenters. The van der Waals surface area contributed by atoms with Crippen molar-refractivity contribution >= 4 is 98.4 Å². The highest BCUT2D eigenvalue weighted by Crippen LogP contribution is 2.43. The first-order chi connectivity index (χ1) is 13.1. The molecule has 0 unspecified atom stereocenters. The third-order valence-corrected chi connectivity index (χ3v) is 5.46. The summed E-state index contributed by atoms with van der Waals surface area (Å²) in [7, 11) is 7.02. The zero-order chi connectivity index (χ0) is 20.5. The fourth-order valence-electron chi connectivity index (χ4n) is 3.50. The smallest absolute Gasteiger partial charge is 0.227 e. The van der Waals surface area contributed by atoms with E-state index in [0.29, 0.717) is 32.7 Å². The van der Waals surface area contributed by atoms with Gasteiger partial charge in [-0.2, -0.15) is 15.0 Å². The van der Waals surface area contributed by atoms with E-state index in [4.69, 9.17) is 27.6 Å². The Morgan fingerprint density at radius 3 is 1.79 bits per heavy atom. The van der Waals surface area contributed by atoms with E-state index >= 15 is 0 Å². The topological polar surface area (TPSA) is 113 Å². The molecule has 136 valence electrons. The Morgan fingerprint density at radius 1 is 0.643 bits per heavy atom. The van der Waals surface area contributed by atoms with Crippen molar-refractivity contribution in [3.05, 3.63) is 10.6 Å². The Hall–Kier alpha value is -2.51. The molecule has 0 aliphatic heterocycles. The number of fused-ring (bicyclic) bond motifs is 3. The van der Waals surface area contributed by atoms with Crippen LogP contribution in [0.3, 0.4) is 0 Å². The molecular formula is C15H11B4Cl2N3O4. The molecule has 7 nitrogen and oxygen atoms in total. The number of furan rings is 1. The second kappa shape index (κ2) is 6.25. The third-order valence-electron chi connectivity index (χ3n) is 5.12. The Bertz CT molecular complexity index is 1310. The summed E-state index contributed by atoms with van der Waals surface area (Å²) >= 11 is 11.8. The van der Waals surface area contributed by atoms with E-state index in [2.05, 4.69) is 15.0 Å². The molecule has 4 rings (SSSR count). The number of phenols is 3. The summed E-state index contributed by atoms with van der Waals surface area (Å²) in [6.07, 6.45) is 0. The summed E-state index contributed by atoms with van der Waals surface area (Å²) in [5.41, 5.74) is 3.24. The van der Waals surface area contributed by atoms with E-state index in [0.717, 1.165) is 5.46 Å². The molecule has 2 aromatic heterocycles. The van der Waals surface area contributed by atoms with Gasteiger partial charge in [-0.1, -0.05) is 5.46 Å². The number of halogens is 2. The van der Waals surface area contributed by atoms with Gasteiger partial charge in [-0.05, 0) is 39.6 Å². The van der Waals surface area contributed by atoms with Gasteiger partial charge in [0.05, 0.1) is 0 Å². The molecule has 0 aliphatic rings. The molecule has 0 saturated heterocycles. The first kappa shape index (κ1) is 18.8. The highest BCUT2D eigenvalue weighted by molar-refractivity contribution is 6.59. The molecule has 13 heteroatoms. The van der Waals surface area contributed by atoms with Gasteiger partial charge < -0.3 is 19.7 Å². The molecule has 3 N–H and O–H groups in total. The third kappa shape index (κ3) is 2.46. The zero-order valence-electron chi connectivity index (χ0n) is 15.3. The molecule has 2 aromatic carbocycles. The summed E-state index contributed by atoms with van der Waals surface area (Å²) < 4.78 is 6.11. The Balaban J connectivity index is 2.30. The summed E-state index contributed by atoms with van der Waals surface area (Å²) in [5.74, 6) is -0.709. The van der Waals surface area contributed by atoms with E-state index in [-0.39, 0.29) is 39.0 Å². The summed E-state index contributed by atoms with van der Waals surface area (Å²) in [5, 5.41) is 32.5. The second-order valence-corrected chi connectivity index (χ2v) is 7.30. The van der Waals surface area contributed by atoms with Crippen molar-refractivity contribution < 1.29 is 19.7 Å². The Kier molecular flexibility index (Phi) is 4.21. The molecule has 0 fully saturated rings. The van der Waals surface area contributed by atoms with Gasteiger partial charge in [0.1, 0.15) is 53.9 Å². The molecule has 28 heavy (non-hydrogen) atoms. The predicted molar refractivity (Wildman–Crippen MR) is 120 cm³/mol. The minimum absolute atomic E-state index is 0.0384. The van der Waals surface area contributed by atoms with Gasteiger partial charge in [-0.15, -0.1) is 0 Å². The SMILES string of the molecule is Bc1c(O)c(B)c2c(oc3c(-c4nc(Cl)nc(Cl)n4)c(O)c(O)c(B)c32)c1B. The van der Waals surface area contributed by atoms with Gasteiger partial charge in [0.2, 0.25) is 10.6 Å². The minimum Gasteiger partial charge on any atom is -0.509 e. The fraction of sp³-hybridized carbons (Fsp3) is 0. The van der Waals surface area contributed by atoms with Gasteiger partial charge in [-0.3, -0.25) is 0 Å². The van der Waals surface area contributed by atoms with Gasteiger partial charge in [0.15, 0.2) is 17.3 Å². The number of benzene rings is 2. The molecule has 0 radical (unpaired) electrons. The fourth-order valence-corrected chi connectivity index (χ4v) is 3.86. The highest BCUT2D eigenvalue weighted by Gasteiger charge is 2.27. The van der Waals surface area contributed by atoms with Gasteiger partial charge in [0.25, 0.3) is 0 Å². The molecule has 0 aliphatic carbocycles. The zero-order valence-corrected chi connectivity index (χ0v) is 16.9. The molecule has 0 amide bonds. The van der Waals surface area contributed by atoms with Crippen molar-refractivity contribution in [3.8, 4) is 28.6 Å². The molecule has 2 heterocycles. The first-order valence-corrected chi connectivity index (χ1v) is 9.05. The van der Waals surface area contributed by atoms with Crippen LogP contribution >= 0.6 is 23.2 Å². The molecular weight excluding hydrogens is 400 g/mol. The standard InChI is InChI=1S/C15H11B4Cl2N3O4/c16-4-2-1-5(17)10(27)8(25)3(13-22-14(20)24-15(21)23-13)11(1)28-12(2)7(19)6(18)9(4)26/h25-27H,16-19H2. The van der Waals surface area contributed by atoms with E-state index in [1.165, 1.54) is 0 Å². The van der Waals surface area contributed by atoms with E-state index in [1.807, 2.05) is 7.85 Å². The number of aromatic hydroxyl groups is 3. The molecule has 0 bridgehead atoms. The van der Waals surface area contributed by atoms with Crippen LogP contribution in [-0.4, -0.2) is 61.7 Å². The minimum atomic E-state index is -0.460. The van der Waals surface area contributed by atoms with E-state index < -0.39 is 5.75 Å². The molecule has 4 aromatic rings. The van der Waals surface area contributed by atoms with Crippen LogP contribution in [0, 0.1) is 0 Å². The van der Waals surface area contributed by atoms with Gasteiger partial charge in [0, 0.05) is 10.8 Å². The number of aromatic nitrogens is 3. The van der Waals surface area contributed by atoms with Gasteiger partial charge >= 0.3 is 0 Å². The lowest BCUT2D eigenvalue weighted by atomic mass is 9.73. The first-order valence-electron chi connectivity index (χ1n) is 8.30. The van der Waals surface area contributed by atoms with Crippen molar-refractivity contribution in [1.82, 2.24) is 15.0 Å². The van der Waals surface area contributed by atoms with Crippen LogP contribution in [0.2, 0.25) is 10.6 Å². The highest BCUT2D eigenvalue weighted by atomic mass is 35.5. The van der Waals surface area contributed by atoms with Crippen molar-refractivity contribution in [1.29, 1.82) is 0 Å². The largest absolute Gasteiger partial charge is 0.509 e. The number of hydrogen-bond acceptors (Lipinski definition) is 7. The van der Waals surface area contributed by atoms with Crippen LogP contribution in [0.1, 0.15) is 0 Å². The lowest BCUT2D eigenvalue weighted by Crippen LogP contribution is -2.31. The maximum Gasteiger partial charge on any atom is 0.227 e. The molecule has 0 saturated carbocycles. The number of rotatable bonds is 1. The van der Waals surface area contributed by atoms with Gasteiger partial charge in [-0.25, -0.2) is 0 Å². The number of nitrogens with zero attached hydrogens (tertiary/aromatic N) is 3. The summed E-state index contributed by atoms with van der Waals surface area (Å²) in [4.78, 5) is 11.7. The Labute approximate surface area is 172 Å². The lowest BCUT2D eigenvalue weighted by Gasteiger charge is -2.11. The quantitative estimate of drug-likeness (QED) is 0.225. The normalized spacial score (nSPS) is 11.5. The number of phenolic OH excluding ortho intramolecular Hbond substituents is 3. The lowest BCUT2D eigenvalue weighted by molar-refractivity contribution is 0.408. The monoisotopic (exact) mass is 411 g/mol. The van der Waals surface area contributed by atoms with Crippen LogP contribution < -0.4 is 21.9 Å².